The van der Waals surface area contributed by atoms with E-state index in [9.17, 15) is 9.59 Å². The molecule has 1 aromatic carbocycles. The van der Waals surface area contributed by atoms with E-state index in [1.165, 1.54) is 4.57 Å². The molecule has 2 heterocycles. The molecule has 0 bridgehead atoms. The number of halogens is 1. The van der Waals surface area contributed by atoms with Crippen molar-refractivity contribution in [2.75, 3.05) is 32.1 Å². The molecular weight excluding hydrogens is 334 g/mol. The Balaban J connectivity index is 0.00000208. The molecule has 1 amide bonds. The molecule has 3 rings (SSSR count). The Morgan fingerprint density at radius 3 is 2.79 bits per heavy atom. The van der Waals surface area contributed by atoms with Crippen molar-refractivity contribution < 1.29 is 13.9 Å². The highest BCUT2D eigenvalue weighted by Gasteiger charge is 2.39. The van der Waals surface area contributed by atoms with Crippen molar-refractivity contribution in [3.63, 3.8) is 0 Å². The molecule has 0 unspecified atom stereocenters. The normalized spacial score (nSPS) is 16.6. The Morgan fingerprint density at radius 1 is 1.42 bits per heavy atom. The van der Waals surface area contributed by atoms with Crippen molar-refractivity contribution in [3.8, 4) is 0 Å². The molecule has 0 atom stereocenters. The lowest BCUT2D eigenvalue weighted by Gasteiger charge is -2.35. The lowest BCUT2D eigenvalue weighted by molar-refractivity contribution is -0.130. The van der Waals surface area contributed by atoms with Crippen LogP contribution in [0.4, 0.5) is 5.69 Å². The number of piperidine rings is 1. The van der Waals surface area contributed by atoms with E-state index in [2.05, 4.69) is 10.6 Å². The van der Waals surface area contributed by atoms with Gasteiger partial charge in [0.1, 0.15) is 0 Å². The van der Waals surface area contributed by atoms with Gasteiger partial charge in [0.15, 0.2) is 5.58 Å². The molecule has 0 aliphatic carbocycles. The molecule has 1 aliphatic rings. The van der Waals surface area contributed by atoms with Gasteiger partial charge in [-0.15, -0.1) is 12.4 Å². The van der Waals surface area contributed by atoms with Crippen LogP contribution in [0.2, 0.25) is 0 Å². The molecule has 0 spiro atoms. The molecule has 0 saturated carbocycles. The van der Waals surface area contributed by atoms with Crippen LogP contribution >= 0.6 is 12.4 Å². The van der Waals surface area contributed by atoms with Crippen molar-refractivity contribution in [2.45, 2.75) is 12.8 Å². The van der Waals surface area contributed by atoms with Gasteiger partial charge in [-0.2, -0.15) is 0 Å². The summed E-state index contributed by atoms with van der Waals surface area (Å²) in [5.41, 5.74) is 1.25. The number of hydrogen-bond acceptors (Lipinski definition) is 5. The average Bonchev–Trinajstić information content (AvgIpc) is 2.83. The molecule has 7 nitrogen and oxygen atoms in total. The van der Waals surface area contributed by atoms with E-state index < -0.39 is 11.2 Å². The summed E-state index contributed by atoms with van der Waals surface area (Å²) in [6.45, 7) is 1.98. The SMILES string of the molecule is COCC1(C(=O)Nc2ccc3c(c2)oc(=O)n3C)CCNCC1.Cl. The molecule has 1 fully saturated rings. The Morgan fingerprint density at radius 2 is 2.12 bits per heavy atom. The van der Waals surface area contributed by atoms with Gasteiger partial charge in [0.25, 0.3) is 0 Å². The first-order chi connectivity index (χ1) is 11.1. The fourth-order valence-corrected chi connectivity index (χ4v) is 3.09. The van der Waals surface area contributed by atoms with Gasteiger partial charge < -0.3 is 19.8 Å². The lowest BCUT2D eigenvalue weighted by Crippen LogP contribution is -2.47. The summed E-state index contributed by atoms with van der Waals surface area (Å²) in [6, 6.07) is 5.22. The standard InChI is InChI=1S/C16H21N3O4.ClH/c1-19-12-4-3-11(9-13(12)23-15(19)21)18-14(20)16(10-22-2)5-7-17-8-6-16;/h3-4,9,17H,5-8,10H2,1-2H3,(H,18,20);1H. The third kappa shape index (κ3) is 3.33. The maximum absolute atomic E-state index is 12.8. The number of hydrogen-bond donors (Lipinski definition) is 2. The van der Waals surface area contributed by atoms with Crippen LogP contribution in [0.25, 0.3) is 11.1 Å². The van der Waals surface area contributed by atoms with Gasteiger partial charge in [-0.05, 0) is 38.1 Å². The number of nitrogens with zero attached hydrogens (tertiary/aromatic N) is 1. The molecule has 1 aliphatic heterocycles. The largest absolute Gasteiger partial charge is 0.419 e. The predicted molar refractivity (Wildman–Crippen MR) is 93.7 cm³/mol. The third-order valence-electron chi connectivity index (χ3n) is 4.51. The van der Waals surface area contributed by atoms with E-state index in [0.717, 1.165) is 25.9 Å². The zero-order valence-corrected chi connectivity index (χ0v) is 14.6. The number of carbonyl (C=O) groups excluding carboxylic acids is 1. The smallest absolute Gasteiger partial charge is 0.408 e. The van der Waals surface area contributed by atoms with Gasteiger partial charge in [-0.25, -0.2) is 4.79 Å². The number of oxazole rings is 1. The van der Waals surface area contributed by atoms with Crippen LogP contribution in [-0.2, 0) is 16.6 Å². The second-order valence-corrected chi connectivity index (χ2v) is 6.03. The van der Waals surface area contributed by atoms with Gasteiger partial charge in [0.05, 0.1) is 17.5 Å². The van der Waals surface area contributed by atoms with Crippen LogP contribution in [0.3, 0.4) is 0 Å². The molecule has 132 valence electrons. The third-order valence-corrected chi connectivity index (χ3v) is 4.51. The number of fused-ring (bicyclic) bond motifs is 1. The van der Waals surface area contributed by atoms with E-state index in [1.807, 2.05) is 0 Å². The fraction of sp³-hybridized carbons (Fsp3) is 0.500. The maximum Gasteiger partial charge on any atom is 0.419 e. The van der Waals surface area contributed by atoms with Crippen LogP contribution in [0.1, 0.15) is 12.8 Å². The number of carbonyl (C=O) groups is 1. The van der Waals surface area contributed by atoms with Crippen molar-refractivity contribution >= 4 is 35.1 Å². The zero-order chi connectivity index (χ0) is 16.4. The molecule has 24 heavy (non-hydrogen) atoms. The summed E-state index contributed by atoms with van der Waals surface area (Å²) in [4.78, 5) is 24.3. The highest BCUT2D eigenvalue weighted by molar-refractivity contribution is 5.96. The van der Waals surface area contributed by atoms with E-state index in [4.69, 9.17) is 9.15 Å². The van der Waals surface area contributed by atoms with Crippen LogP contribution in [0, 0.1) is 5.41 Å². The van der Waals surface area contributed by atoms with Crippen molar-refractivity contribution in [1.82, 2.24) is 9.88 Å². The molecule has 2 aromatic rings. The number of aromatic nitrogens is 1. The molecular formula is C16H22ClN3O4. The van der Waals surface area contributed by atoms with Gasteiger partial charge in [0.2, 0.25) is 5.91 Å². The first-order valence-electron chi connectivity index (χ1n) is 7.66. The first-order valence-corrected chi connectivity index (χ1v) is 7.66. The van der Waals surface area contributed by atoms with Gasteiger partial charge >= 0.3 is 5.76 Å². The summed E-state index contributed by atoms with van der Waals surface area (Å²) in [6.07, 6.45) is 1.46. The number of anilines is 1. The summed E-state index contributed by atoms with van der Waals surface area (Å²) in [5.74, 6) is -0.476. The Labute approximate surface area is 145 Å². The quantitative estimate of drug-likeness (QED) is 0.868. The number of methoxy groups -OCH3 is 1. The van der Waals surface area contributed by atoms with Gasteiger partial charge in [-0.3, -0.25) is 9.36 Å². The van der Waals surface area contributed by atoms with Crippen LogP contribution in [0.15, 0.2) is 27.4 Å². The average molecular weight is 356 g/mol. The number of nitrogens with one attached hydrogen (secondary N) is 2. The van der Waals surface area contributed by atoms with Crippen molar-refractivity contribution in [2.24, 2.45) is 12.5 Å². The summed E-state index contributed by atoms with van der Waals surface area (Å²) >= 11 is 0. The molecule has 1 aromatic heterocycles. The summed E-state index contributed by atoms with van der Waals surface area (Å²) in [5, 5.41) is 6.20. The molecule has 8 heteroatoms. The van der Waals surface area contributed by atoms with Gasteiger partial charge in [-0.1, -0.05) is 0 Å². The highest BCUT2D eigenvalue weighted by Crippen LogP contribution is 2.31. The lowest BCUT2D eigenvalue weighted by atomic mass is 9.78. The number of rotatable bonds is 4. The Kier molecular flexibility index (Phi) is 5.69. The predicted octanol–water partition coefficient (Wildman–Crippen LogP) is 1.51. The van der Waals surface area contributed by atoms with Crippen molar-refractivity contribution in [3.05, 3.63) is 28.7 Å². The molecule has 2 N–H and O–H groups in total. The monoisotopic (exact) mass is 355 g/mol. The highest BCUT2D eigenvalue weighted by atomic mass is 35.5. The minimum Gasteiger partial charge on any atom is -0.408 e. The minimum atomic E-state index is -0.521. The molecule has 0 radical (unpaired) electrons. The molecule has 1 saturated heterocycles. The number of aryl methyl sites for hydroxylation is 1. The Hall–Kier alpha value is -1.83. The first kappa shape index (κ1) is 18.5. The second-order valence-electron chi connectivity index (χ2n) is 6.03. The van der Waals surface area contributed by atoms with Crippen molar-refractivity contribution in [1.29, 1.82) is 0 Å². The Bertz CT molecular complexity index is 772. The van der Waals surface area contributed by atoms with E-state index in [-0.39, 0.29) is 18.3 Å². The van der Waals surface area contributed by atoms with Crippen LogP contribution in [-0.4, -0.2) is 37.3 Å². The van der Waals surface area contributed by atoms with E-state index in [0.29, 0.717) is 23.4 Å². The zero-order valence-electron chi connectivity index (χ0n) is 13.8. The van der Waals surface area contributed by atoms with Crippen LogP contribution < -0.4 is 16.4 Å². The number of amides is 1. The summed E-state index contributed by atoms with van der Waals surface area (Å²) < 4.78 is 11.9. The number of benzene rings is 1. The number of ether oxygens (including phenoxy) is 1. The van der Waals surface area contributed by atoms with E-state index in [1.54, 1.807) is 32.4 Å². The maximum atomic E-state index is 12.8. The minimum absolute atomic E-state index is 0. The second kappa shape index (κ2) is 7.38. The van der Waals surface area contributed by atoms with Crippen LogP contribution in [0.5, 0.6) is 0 Å². The fourth-order valence-electron chi connectivity index (χ4n) is 3.09. The van der Waals surface area contributed by atoms with Gasteiger partial charge in [0, 0.05) is 25.9 Å². The van der Waals surface area contributed by atoms with E-state index >= 15 is 0 Å². The topological polar surface area (TPSA) is 85.5 Å². The summed E-state index contributed by atoms with van der Waals surface area (Å²) in [7, 11) is 3.26.